The van der Waals surface area contributed by atoms with Crippen LogP contribution in [0.15, 0.2) is 0 Å². The van der Waals surface area contributed by atoms with Gasteiger partial charge in [-0.15, -0.1) is 0 Å². The van der Waals surface area contributed by atoms with Crippen molar-refractivity contribution in [1.82, 2.24) is 0 Å². The standard InChI is InChI=1S/C13H19F3O4S/c1-8(17)21-7-9(12(18)19)6-20-11-4-2-3-10(5-11)13(14,15)16/h9-11H,2-7H2,1H3,(H,18,19). The first-order chi connectivity index (χ1) is 9.70. The first-order valence-electron chi connectivity index (χ1n) is 6.74. The number of carboxylic acid groups (broad SMARTS) is 1. The predicted molar refractivity (Wildman–Crippen MR) is 72.0 cm³/mol. The van der Waals surface area contributed by atoms with Gasteiger partial charge in [0.2, 0.25) is 0 Å². The molecule has 21 heavy (non-hydrogen) atoms. The van der Waals surface area contributed by atoms with Gasteiger partial charge in [0, 0.05) is 12.7 Å². The summed E-state index contributed by atoms with van der Waals surface area (Å²) in [6, 6.07) is 0. The highest BCUT2D eigenvalue weighted by Gasteiger charge is 2.42. The zero-order valence-corrected chi connectivity index (χ0v) is 12.5. The number of carboxylic acids is 1. The molecule has 3 atom stereocenters. The van der Waals surface area contributed by atoms with Gasteiger partial charge in [0.05, 0.1) is 24.5 Å². The van der Waals surface area contributed by atoms with Crippen LogP contribution in [0.2, 0.25) is 0 Å². The van der Waals surface area contributed by atoms with Crippen LogP contribution in [-0.2, 0) is 14.3 Å². The molecule has 0 spiro atoms. The quantitative estimate of drug-likeness (QED) is 0.812. The van der Waals surface area contributed by atoms with Gasteiger partial charge in [-0.1, -0.05) is 18.2 Å². The van der Waals surface area contributed by atoms with Crippen molar-refractivity contribution in [3.63, 3.8) is 0 Å². The van der Waals surface area contributed by atoms with Crippen molar-refractivity contribution in [1.29, 1.82) is 0 Å². The average Bonchev–Trinajstić information content (AvgIpc) is 2.37. The Morgan fingerprint density at radius 3 is 2.57 bits per heavy atom. The maximum Gasteiger partial charge on any atom is 0.391 e. The highest BCUT2D eigenvalue weighted by Crippen LogP contribution is 2.38. The summed E-state index contributed by atoms with van der Waals surface area (Å²) in [6.45, 7) is 1.17. The normalized spacial score (nSPS) is 24.6. The highest BCUT2D eigenvalue weighted by molar-refractivity contribution is 8.13. The zero-order valence-electron chi connectivity index (χ0n) is 11.7. The zero-order chi connectivity index (χ0) is 16.0. The van der Waals surface area contributed by atoms with Crippen LogP contribution in [0.25, 0.3) is 0 Å². The second-order valence-corrected chi connectivity index (χ2v) is 6.40. The summed E-state index contributed by atoms with van der Waals surface area (Å²) in [5.74, 6) is -3.29. The summed E-state index contributed by atoms with van der Waals surface area (Å²) in [6.07, 6.45) is -3.86. The van der Waals surface area contributed by atoms with Gasteiger partial charge in [-0.25, -0.2) is 0 Å². The molecular formula is C13H19F3O4S. The van der Waals surface area contributed by atoms with Crippen molar-refractivity contribution in [2.24, 2.45) is 11.8 Å². The Kier molecular flexibility index (Phi) is 6.99. The number of rotatable bonds is 6. The van der Waals surface area contributed by atoms with Crippen molar-refractivity contribution in [3.8, 4) is 0 Å². The van der Waals surface area contributed by atoms with E-state index in [0.717, 1.165) is 11.8 Å². The molecule has 1 aliphatic carbocycles. The third-order valence-electron chi connectivity index (χ3n) is 3.46. The fourth-order valence-electron chi connectivity index (χ4n) is 2.25. The fourth-order valence-corrected chi connectivity index (χ4v) is 2.93. The van der Waals surface area contributed by atoms with Crippen LogP contribution in [-0.4, -0.2) is 40.8 Å². The molecule has 0 amide bonds. The Labute approximate surface area is 125 Å². The van der Waals surface area contributed by atoms with Crippen LogP contribution >= 0.6 is 11.8 Å². The minimum absolute atomic E-state index is 0.0695. The molecule has 0 radical (unpaired) electrons. The molecule has 122 valence electrons. The molecule has 1 saturated carbocycles. The molecular weight excluding hydrogens is 309 g/mol. The van der Waals surface area contributed by atoms with Crippen LogP contribution in [0.1, 0.15) is 32.6 Å². The van der Waals surface area contributed by atoms with Crippen molar-refractivity contribution in [2.75, 3.05) is 12.4 Å². The molecule has 3 unspecified atom stereocenters. The summed E-state index contributed by atoms with van der Waals surface area (Å²) in [5.41, 5.74) is 0. The number of carbonyl (C=O) groups is 2. The lowest BCUT2D eigenvalue weighted by atomic mass is 9.86. The number of thioether (sulfide) groups is 1. The number of alkyl halides is 3. The lowest BCUT2D eigenvalue weighted by molar-refractivity contribution is -0.193. The Hall–Kier alpha value is -0.760. The summed E-state index contributed by atoms with van der Waals surface area (Å²) in [5, 5.41) is 8.81. The van der Waals surface area contributed by atoms with E-state index in [2.05, 4.69) is 0 Å². The number of halogens is 3. The smallest absolute Gasteiger partial charge is 0.391 e. The van der Waals surface area contributed by atoms with Crippen LogP contribution in [0.4, 0.5) is 13.2 Å². The Balaban J connectivity index is 2.44. The summed E-state index contributed by atoms with van der Waals surface area (Å²) >= 11 is 0.879. The van der Waals surface area contributed by atoms with E-state index in [0.29, 0.717) is 12.8 Å². The van der Waals surface area contributed by atoms with Crippen LogP contribution < -0.4 is 0 Å². The van der Waals surface area contributed by atoms with Gasteiger partial charge in [0.1, 0.15) is 0 Å². The van der Waals surface area contributed by atoms with Gasteiger partial charge in [-0.2, -0.15) is 13.2 Å². The lowest BCUT2D eigenvalue weighted by Crippen LogP contribution is -2.34. The second-order valence-electron chi connectivity index (χ2n) is 5.20. The molecule has 1 fully saturated rings. The maximum absolute atomic E-state index is 12.7. The van der Waals surface area contributed by atoms with E-state index >= 15 is 0 Å². The lowest BCUT2D eigenvalue weighted by Gasteiger charge is -2.31. The van der Waals surface area contributed by atoms with Crippen molar-refractivity contribution in [3.05, 3.63) is 0 Å². The molecule has 4 nitrogen and oxygen atoms in total. The van der Waals surface area contributed by atoms with Gasteiger partial charge in [0.15, 0.2) is 5.12 Å². The monoisotopic (exact) mass is 328 g/mol. The minimum Gasteiger partial charge on any atom is -0.481 e. The number of hydrogen-bond donors (Lipinski definition) is 1. The van der Waals surface area contributed by atoms with Gasteiger partial charge in [-0.05, 0) is 19.3 Å². The molecule has 1 aliphatic rings. The third-order valence-corrected chi connectivity index (χ3v) is 4.43. The summed E-state index contributed by atoms with van der Waals surface area (Å²) in [4.78, 5) is 21.9. The second kappa shape index (κ2) is 8.03. The van der Waals surface area contributed by atoms with Crippen molar-refractivity contribution < 1.29 is 32.6 Å². The van der Waals surface area contributed by atoms with Crippen LogP contribution in [0, 0.1) is 11.8 Å². The first-order valence-corrected chi connectivity index (χ1v) is 7.73. The maximum atomic E-state index is 12.7. The van der Waals surface area contributed by atoms with Gasteiger partial charge in [-0.3, -0.25) is 9.59 Å². The van der Waals surface area contributed by atoms with Crippen LogP contribution in [0.5, 0.6) is 0 Å². The van der Waals surface area contributed by atoms with E-state index < -0.39 is 30.1 Å². The van der Waals surface area contributed by atoms with E-state index in [-0.39, 0.29) is 30.3 Å². The van der Waals surface area contributed by atoms with Gasteiger partial charge in [0.25, 0.3) is 0 Å². The number of carbonyl (C=O) groups excluding carboxylic acids is 1. The molecule has 0 heterocycles. The van der Waals surface area contributed by atoms with E-state index in [4.69, 9.17) is 9.84 Å². The van der Waals surface area contributed by atoms with Crippen LogP contribution in [0.3, 0.4) is 0 Å². The summed E-state index contributed by atoms with van der Waals surface area (Å²) in [7, 11) is 0. The van der Waals surface area contributed by atoms with Gasteiger partial charge >= 0.3 is 12.1 Å². The largest absolute Gasteiger partial charge is 0.481 e. The van der Waals surface area contributed by atoms with E-state index in [1.807, 2.05) is 0 Å². The number of aliphatic carboxylic acids is 1. The predicted octanol–water partition coefficient (Wildman–Crippen LogP) is 3.10. The molecule has 1 rings (SSSR count). The Bertz CT molecular complexity index is 373. The Morgan fingerprint density at radius 1 is 1.38 bits per heavy atom. The van der Waals surface area contributed by atoms with Crippen molar-refractivity contribution >= 4 is 22.8 Å². The Morgan fingerprint density at radius 2 is 2.05 bits per heavy atom. The number of ether oxygens (including phenoxy) is 1. The molecule has 8 heteroatoms. The van der Waals surface area contributed by atoms with E-state index in [1.54, 1.807) is 0 Å². The molecule has 0 saturated heterocycles. The molecule has 0 aromatic rings. The fraction of sp³-hybridized carbons (Fsp3) is 0.846. The SMILES string of the molecule is CC(=O)SCC(COC1CCCC(C(F)(F)F)C1)C(=O)O. The highest BCUT2D eigenvalue weighted by atomic mass is 32.2. The molecule has 1 N–H and O–H groups in total. The van der Waals surface area contributed by atoms with Gasteiger partial charge < -0.3 is 9.84 Å². The third kappa shape index (κ3) is 6.69. The molecule has 0 aromatic heterocycles. The van der Waals surface area contributed by atoms with E-state index in [9.17, 15) is 22.8 Å². The molecule has 0 bridgehead atoms. The first kappa shape index (κ1) is 18.3. The topological polar surface area (TPSA) is 63.6 Å². The summed E-state index contributed by atoms with van der Waals surface area (Å²) < 4.78 is 43.3. The number of hydrogen-bond acceptors (Lipinski definition) is 4. The molecule has 0 aromatic carbocycles. The minimum atomic E-state index is -4.22. The average molecular weight is 328 g/mol. The molecule has 0 aliphatic heterocycles. The van der Waals surface area contributed by atoms with E-state index in [1.165, 1.54) is 6.92 Å². The van der Waals surface area contributed by atoms with Crippen molar-refractivity contribution in [2.45, 2.75) is 44.9 Å².